The van der Waals surface area contributed by atoms with Crippen LogP contribution in [0, 0.1) is 17.2 Å². The number of ether oxygens (including phenoxy) is 2. The van der Waals surface area contributed by atoms with Crippen molar-refractivity contribution >= 4 is 12.0 Å². The van der Waals surface area contributed by atoms with Gasteiger partial charge in [-0.2, -0.15) is 5.26 Å². The van der Waals surface area contributed by atoms with Crippen LogP contribution in [0.1, 0.15) is 71.8 Å². The average Bonchev–Trinajstić information content (AvgIpc) is 2.85. The van der Waals surface area contributed by atoms with Crippen LogP contribution in [-0.4, -0.2) is 41.8 Å². The van der Waals surface area contributed by atoms with Crippen LogP contribution >= 0.6 is 0 Å². The molecule has 0 aromatic heterocycles. The molecule has 2 aromatic carbocycles. The van der Waals surface area contributed by atoms with Gasteiger partial charge in [0.05, 0.1) is 12.0 Å². The first-order valence-electron chi connectivity index (χ1n) is 13.1. The Kier molecular flexibility index (Phi) is 9.57. The van der Waals surface area contributed by atoms with Crippen LogP contribution in [0.3, 0.4) is 0 Å². The number of nitriles is 1. The molecule has 1 heterocycles. The number of nitrogens with zero attached hydrogens (tertiary/aromatic N) is 2. The fourth-order valence-corrected chi connectivity index (χ4v) is 4.65. The van der Waals surface area contributed by atoms with Gasteiger partial charge in [0.15, 0.2) is 6.23 Å². The molecule has 2 amide bonds. The molecule has 2 unspecified atom stereocenters. The molecule has 198 valence electrons. The fraction of sp³-hybridized carbons (Fsp3) is 0.500. The Bertz CT molecular complexity index is 1100. The lowest BCUT2D eigenvalue weighted by molar-refractivity contribution is -0.122. The Morgan fingerprint density at radius 3 is 2.49 bits per heavy atom. The number of likely N-dealkylation sites (tertiary alicyclic amines) is 1. The highest BCUT2D eigenvalue weighted by atomic mass is 16.6. The third kappa shape index (κ3) is 7.72. The first-order valence-corrected chi connectivity index (χ1v) is 13.1. The van der Waals surface area contributed by atoms with E-state index in [2.05, 4.69) is 19.2 Å². The van der Waals surface area contributed by atoms with Gasteiger partial charge in [-0.15, -0.1) is 0 Å². The van der Waals surface area contributed by atoms with E-state index in [1.807, 2.05) is 75.4 Å². The molecule has 0 aliphatic carbocycles. The maximum Gasteiger partial charge on any atom is 0.413 e. The lowest BCUT2D eigenvalue weighted by atomic mass is 9.84. The molecule has 0 radical (unpaired) electrons. The first kappa shape index (κ1) is 28.0. The number of carbonyl (C=O) groups is 2. The summed E-state index contributed by atoms with van der Waals surface area (Å²) >= 11 is 0. The second kappa shape index (κ2) is 12.6. The lowest BCUT2D eigenvalue weighted by Gasteiger charge is -2.37. The SMILES string of the molecule is CC(C)CC(C(=O)NCC#N)c1c(OC2CCCCN2C(=O)OC(C)(C)C)cccc1-c1ccccc1. The van der Waals surface area contributed by atoms with Crippen molar-refractivity contribution in [2.75, 3.05) is 13.1 Å². The number of rotatable bonds is 8. The second-order valence-electron chi connectivity index (χ2n) is 10.9. The standard InChI is InChI=1S/C30H39N3O4/c1-21(2)20-24(28(34)32-18-17-31)27-23(22-12-7-6-8-13-22)14-11-15-25(27)36-26-16-9-10-19-33(26)29(35)37-30(3,4)5/h6-8,11-15,21,24,26H,9-10,16,18-20H2,1-5H3,(H,32,34). The quantitative estimate of drug-likeness (QED) is 0.428. The minimum Gasteiger partial charge on any atom is -0.470 e. The Labute approximate surface area is 220 Å². The van der Waals surface area contributed by atoms with Crippen molar-refractivity contribution in [3.8, 4) is 22.9 Å². The van der Waals surface area contributed by atoms with Gasteiger partial charge in [0.25, 0.3) is 0 Å². The molecule has 1 fully saturated rings. The highest BCUT2D eigenvalue weighted by molar-refractivity contribution is 5.88. The van der Waals surface area contributed by atoms with Crippen LogP contribution in [0.2, 0.25) is 0 Å². The summed E-state index contributed by atoms with van der Waals surface area (Å²) in [4.78, 5) is 28.1. The molecule has 2 aromatic rings. The van der Waals surface area contributed by atoms with Gasteiger partial charge in [-0.25, -0.2) is 4.79 Å². The highest BCUT2D eigenvalue weighted by Gasteiger charge is 2.34. The molecule has 2 atom stereocenters. The van der Waals surface area contributed by atoms with Crippen molar-refractivity contribution in [3.63, 3.8) is 0 Å². The smallest absolute Gasteiger partial charge is 0.413 e. The van der Waals surface area contributed by atoms with E-state index in [9.17, 15) is 9.59 Å². The summed E-state index contributed by atoms with van der Waals surface area (Å²) in [5, 5.41) is 11.8. The topological polar surface area (TPSA) is 91.7 Å². The van der Waals surface area contributed by atoms with Crippen LogP contribution in [-0.2, 0) is 9.53 Å². The molecule has 0 saturated carbocycles. The van der Waals surface area contributed by atoms with Gasteiger partial charge >= 0.3 is 6.09 Å². The van der Waals surface area contributed by atoms with Crippen molar-refractivity contribution < 1.29 is 19.1 Å². The summed E-state index contributed by atoms with van der Waals surface area (Å²) < 4.78 is 12.3. The van der Waals surface area contributed by atoms with Crippen molar-refractivity contribution in [3.05, 3.63) is 54.1 Å². The normalized spacial score (nSPS) is 16.6. The van der Waals surface area contributed by atoms with E-state index in [0.717, 1.165) is 29.5 Å². The summed E-state index contributed by atoms with van der Waals surface area (Å²) in [6, 6.07) is 17.7. The number of carbonyl (C=O) groups excluding carboxylic acids is 2. The predicted molar refractivity (Wildman–Crippen MR) is 144 cm³/mol. The van der Waals surface area contributed by atoms with Crippen molar-refractivity contribution in [1.82, 2.24) is 10.2 Å². The van der Waals surface area contributed by atoms with E-state index in [1.54, 1.807) is 4.90 Å². The molecular formula is C30H39N3O4. The summed E-state index contributed by atoms with van der Waals surface area (Å²) in [5.74, 6) is 0.0523. The second-order valence-corrected chi connectivity index (χ2v) is 10.9. The molecule has 1 saturated heterocycles. The van der Waals surface area contributed by atoms with Crippen LogP contribution in [0.15, 0.2) is 48.5 Å². The molecule has 1 aliphatic heterocycles. The number of nitrogens with one attached hydrogen (secondary N) is 1. The molecule has 37 heavy (non-hydrogen) atoms. The van der Waals surface area contributed by atoms with Crippen molar-refractivity contribution in [1.29, 1.82) is 5.26 Å². The predicted octanol–water partition coefficient (Wildman–Crippen LogP) is 6.25. The number of piperidine rings is 1. The lowest BCUT2D eigenvalue weighted by Crippen LogP contribution is -2.48. The summed E-state index contributed by atoms with van der Waals surface area (Å²) in [5.41, 5.74) is 2.03. The van der Waals surface area contributed by atoms with E-state index >= 15 is 0 Å². The number of hydrogen-bond donors (Lipinski definition) is 1. The monoisotopic (exact) mass is 505 g/mol. The molecular weight excluding hydrogens is 466 g/mol. The summed E-state index contributed by atoms with van der Waals surface area (Å²) in [6.07, 6.45) is 2.15. The zero-order valence-corrected chi connectivity index (χ0v) is 22.6. The van der Waals surface area contributed by atoms with Crippen molar-refractivity contribution in [2.45, 2.75) is 78.0 Å². The van der Waals surface area contributed by atoms with E-state index in [1.165, 1.54) is 0 Å². The van der Waals surface area contributed by atoms with Gasteiger partial charge < -0.3 is 14.8 Å². The third-order valence-corrected chi connectivity index (χ3v) is 6.20. The van der Waals surface area contributed by atoms with E-state index in [4.69, 9.17) is 14.7 Å². The minimum atomic E-state index is -0.612. The van der Waals surface area contributed by atoms with Crippen LogP contribution < -0.4 is 10.1 Å². The van der Waals surface area contributed by atoms with Gasteiger partial charge in [0, 0.05) is 18.5 Å². The van der Waals surface area contributed by atoms with Gasteiger partial charge in [-0.1, -0.05) is 56.3 Å². The number of benzene rings is 2. The van der Waals surface area contributed by atoms with Gasteiger partial charge in [0.1, 0.15) is 17.9 Å². The van der Waals surface area contributed by atoms with Crippen molar-refractivity contribution in [2.24, 2.45) is 5.92 Å². The minimum absolute atomic E-state index is 0.0633. The maximum absolute atomic E-state index is 13.4. The Hall–Kier alpha value is -3.53. The first-order chi connectivity index (χ1) is 17.6. The zero-order valence-electron chi connectivity index (χ0n) is 22.6. The molecule has 0 bridgehead atoms. The van der Waals surface area contributed by atoms with Crippen LogP contribution in [0.5, 0.6) is 5.75 Å². The highest BCUT2D eigenvalue weighted by Crippen LogP contribution is 2.40. The van der Waals surface area contributed by atoms with Gasteiger partial charge in [0.2, 0.25) is 5.91 Å². The van der Waals surface area contributed by atoms with Gasteiger partial charge in [-0.05, 0) is 63.1 Å². The maximum atomic E-state index is 13.4. The van der Waals surface area contributed by atoms with Crippen LogP contribution in [0.4, 0.5) is 4.79 Å². The van der Waals surface area contributed by atoms with Gasteiger partial charge in [-0.3, -0.25) is 9.69 Å². The molecule has 7 heteroatoms. The van der Waals surface area contributed by atoms with E-state index in [-0.39, 0.29) is 18.4 Å². The Morgan fingerprint density at radius 1 is 1.11 bits per heavy atom. The third-order valence-electron chi connectivity index (χ3n) is 6.20. The Balaban J connectivity index is 2.08. The van der Waals surface area contributed by atoms with E-state index < -0.39 is 23.8 Å². The average molecular weight is 506 g/mol. The summed E-state index contributed by atoms with van der Waals surface area (Å²) in [6.45, 7) is 10.2. The fourth-order valence-electron chi connectivity index (χ4n) is 4.65. The molecule has 1 N–H and O–H groups in total. The Morgan fingerprint density at radius 2 is 1.84 bits per heavy atom. The summed E-state index contributed by atoms with van der Waals surface area (Å²) in [7, 11) is 0. The zero-order chi connectivity index (χ0) is 27.0. The number of amides is 2. The van der Waals surface area contributed by atoms with E-state index in [0.29, 0.717) is 25.1 Å². The number of hydrogen-bond acceptors (Lipinski definition) is 5. The van der Waals surface area contributed by atoms with Crippen LogP contribution in [0.25, 0.3) is 11.1 Å². The molecule has 0 spiro atoms. The molecule has 7 nitrogen and oxygen atoms in total. The molecule has 3 rings (SSSR count). The largest absolute Gasteiger partial charge is 0.470 e. The molecule has 1 aliphatic rings.